The quantitative estimate of drug-likeness (QED) is 0.190. The van der Waals surface area contributed by atoms with Crippen molar-refractivity contribution in [3.63, 3.8) is 0 Å². The maximum Gasteiger partial charge on any atom is 0.186 e. The molecule has 2 heterocycles. The third-order valence-corrected chi connectivity index (χ3v) is 6.18. The van der Waals surface area contributed by atoms with Crippen molar-refractivity contribution < 1.29 is 54.7 Å². The minimum atomic E-state index is -1.86. The molecule has 0 saturated carbocycles. The van der Waals surface area contributed by atoms with Crippen LogP contribution in [0.15, 0.2) is 0 Å². The number of rotatable bonds is 10. The van der Waals surface area contributed by atoms with Crippen LogP contribution in [-0.2, 0) is 18.9 Å². The summed E-state index contributed by atoms with van der Waals surface area (Å²) < 4.78 is 21.5. The average molecular weight is 440 g/mol. The van der Waals surface area contributed by atoms with Crippen molar-refractivity contribution in [1.29, 1.82) is 0 Å². The van der Waals surface area contributed by atoms with E-state index in [9.17, 15) is 30.6 Å². The molecule has 2 rings (SSSR count). The van der Waals surface area contributed by atoms with Gasteiger partial charge in [-0.1, -0.05) is 20.8 Å². The lowest BCUT2D eigenvalue weighted by molar-refractivity contribution is -0.311. The topological polar surface area (TPSA) is 179 Å². The van der Waals surface area contributed by atoms with Crippen molar-refractivity contribution in [1.82, 2.24) is 0 Å². The molecule has 0 aliphatic carbocycles. The van der Waals surface area contributed by atoms with E-state index >= 15 is 0 Å². The number of hydrogen-bond donors (Lipinski definition) is 7. The lowest BCUT2D eigenvalue weighted by Gasteiger charge is -2.41. The van der Waals surface area contributed by atoms with E-state index in [1.54, 1.807) is 0 Å². The average Bonchev–Trinajstić information content (AvgIpc) is 3.01. The van der Waals surface area contributed by atoms with Crippen molar-refractivity contribution in [2.75, 3.05) is 26.4 Å². The Morgan fingerprint density at radius 1 is 1.07 bits per heavy atom. The Hall–Kier alpha value is -0.440. The molecule has 0 unspecified atom stereocenters. The molecule has 2 fully saturated rings. The highest BCUT2D eigenvalue weighted by molar-refractivity contribution is 4.94. The van der Waals surface area contributed by atoms with Gasteiger partial charge in [0.15, 0.2) is 12.6 Å². The Morgan fingerprint density at radius 2 is 1.73 bits per heavy atom. The van der Waals surface area contributed by atoms with Gasteiger partial charge in [0.25, 0.3) is 0 Å². The third kappa shape index (κ3) is 5.48. The summed E-state index contributed by atoms with van der Waals surface area (Å²) in [6.45, 7) is 4.27. The van der Waals surface area contributed by atoms with Gasteiger partial charge in [0.2, 0.25) is 0 Å². The van der Waals surface area contributed by atoms with Crippen molar-refractivity contribution in [2.24, 2.45) is 5.92 Å². The summed E-state index contributed by atoms with van der Waals surface area (Å²) in [5.41, 5.74) is -2.80. The van der Waals surface area contributed by atoms with Crippen molar-refractivity contribution in [3.8, 4) is 0 Å². The highest BCUT2D eigenvalue weighted by Gasteiger charge is 2.50. The van der Waals surface area contributed by atoms with Crippen LogP contribution in [0.4, 0.5) is 0 Å². The molecule has 0 aromatic carbocycles. The minimum absolute atomic E-state index is 0.00716. The Morgan fingerprint density at radius 3 is 2.27 bits per heavy atom. The lowest BCUT2D eigenvalue weighted by Crippen LogP contribution is -2.59. The van der Waals surface area contributed by atoms with Crippen LogP contribution in [-0.4, -0.2) is 116 Å². The Balaban J connectivity index is 1.91. The first-order valence-electron chi connectivity index (χ1n) is 10.3. The largest absolute Gasteiger partial charge is 0.393 e. The Kier molecular flexibility index (Phi) is 8.99. The monoisotopic (exact) mass is 440 g/mol. The van der Waals surface area contributed by atoms with Crippen LogP contribution < -0.4 is 0 Å². The summed E-state index contributed by atoms with van der Waals surface area (Å²) in [6, 6.07) is 0. The molecule has 0 aromatic heterocycles. The van der Waals surface area contributed by atoms with E-state index in [0.717, 1.165) is 0 Å². The molecule has 7 N–H and O–H groups in total. The Bertz CT molecular complexity index is 535. The SMILES string of the molecule is CC[C@@](O)(CCO[C@@H]1O[C@H](CO[C@H]2OC[C@](O)(CO)[C@H]2O)[C@@H](O)[C@H](O)[C@H]1O)C(C)C. The van der Waals surface area contributed by atoms with E-state index in [2.05, 4.69) is 0 Å². The maximum absolute atomic E-state index is 10.6. The number of hydrogen-bond acceptors (Lipinski definition) is 11. The van der Waals surface area contributed by atoms with Gasteiger partial charge in [-0.3, -0.25) is 0 Å². The molecule has 11 heteroatoms. The predicted octanol–water partition coefficient (Wildman–Crippen LogP) is -2.54. The zero-order valence-electron chi connectivity index (χ0n) is 17.6. The highest BCUT2D eigenvalue weighted by Crippen LogP contribution is 2.29. The number of ether oxygens (including phenoxy) is 4. The van der Waals surface area contributed by atoms with Gasteiger partial charge < -0.3 is 54.7 Å². The van der Waals surface area contributed by atoms with Crippen LogP contribution in [0.5, 0.6) is 0 Å². The smallest absolute Gasteiger partial charge is 0.186 e. The molecular formula is C19H36O11. The van der Waals surface area contributed by atoms with Crippen LogP contribution in [0.2, 0.25) is 0 Å². The number of aliphatic hydroxyl groups excluding tert-OH is 5. The molecular weight excluding hydrogens is 404 g/mol. The second-order valence-corrected chi connectivity index (χ2v) is 8.47. The first kappa shape index (κ1) is 25.8. The molecule has 9 atom stereocenters. The van der Waals surface area contributed by atoms with Crippen LogP contribution in [0.1, 0.15) is 33.6 Å². The van der Waals surface area contributed by atoms with Crippen LogP contribution in [0.25, 0.3) is 0 Å². The molecule has 0 radical (unpaired) electrons. The molecule has 2 saturated heterocycles. The predicted molar refractivity (Wildman–Crippen MR) is 101 cm³/mol. The lowest BCUT2D eigenvalue weighted by atomic mass is 9.85. The fraction of sp³-hybridized carbons (Fsp3) is 1.00. The van der Waals surface area contributed by atoms with Gasteiger partial charge in [0, 0.05) is 0 Å². The highest BCUT2D eigenvalue weighted by atomic mass is 16.7. The summed E-state index contributed by atoms with van der Waals surface area (Å²) in [7, 11) is 0. The van der Waals surface area contributed by atoms with Crippen molar-refractivity contribution in [3.05, 3.63) is 0 Å². The van der Waals surface area contributed by atoms with E-state index in [0.29, 0.717) is 6.42 Å². The van der Waals surface area contributed by atoms with Gasteiger partial charge in [0.1, 0.15) is 36.1 Å². The first-order valence-corrected chi connectivity index (χ1v) is 10.3. The summed E-state index contributed by atoms with van der Waals surface area (Å²) in [6.07, 6.45) is -8.97. The zero-order valence-corrected chi connectivity index (χ0v) is 17.6. The molecule has 0 bridgehead atoms. The van der Waals surface area contributed by atoms with Gasteiger partial charge in [0.05, 0.1) is 32.0 Å². The minimum Gasteiger partial charge on any atom is -0.393 e. The molecule has 178 valence electrons. The fourth-order valence-corrected chi connectivity index (χ4v) is 3.54. The van der Waals surface area contributed by atoms with Crippen molar-refractivity contribution in [2.45, 2.75) is 87.9 Å². The van der Waals surface area contributed by atoms with E-state index in [1.165, 1.54) is 0 Å². The first-order chi connectivity index (χ1) is 14.0. The van der Waals surface area contributed by atoms with Crippen LogP contribution in [0.3, 0.4) is 0 Å². The second-order valence-electron chi connectivity index (χ2n) is 8.47. The van der Waals surface area contributed by atoms with E-state index in [-0.39, 0.29) is 32.2 Å². The summed E-state index contributed by atoms with van der Waals surface area (Å²) in [5.74, 6) is -0.00716. The fourth-order valence-electron chi connectivity index (χ4n) is 3.54. The van der Waals surface area contributed by atoms with Gasteiger partial charge in [-0.2, -0.15) is 0 Å². The van der Waals surface area contributed by atoms with Crippen LogP contribution in [0, 0.1) is 5.92 Å². The molecule has 0 amide bonds. The zero-order chi connectivity index (χ0) is 22.7. The van der Waals surface area contributed by atoms with E-state index in [1.807, 2.05) is 20.8 Å². The van der Waals surface area contributed by atoms with Crippen molar-refractivity contribution >= 4 is 0 Å². The molecule has 0 spiro atoms. The normalized spacial score (nSPS) is 41.9. The maximum atomic E-state index is 10.6. The van der Waals surface area contributed by atoms with E-state index in [4.69, 9.17) is 24.1 Å². The molecule has 11 nitrogen and oxygen atoms in total. The van der Waals surface area contributed by atoms with Crippen LogP contribution >= 0.6 is 0 Å². The molecule has 2 aliphatic heterocycles. The standard InChI is InChI=1S/C19H36O11/c1-4-18(25,10(2)3)5-6-27-16-14(23)13(22)12(21)11(30-16)7-28-17-15(24)19(26,8-20)9-29-17/h10-17,20-26H,4-9H2,1-3H3/t11-,12-,13+,14-,15+,16-,17+,18-,19-/m1/s1. The second kappa shape index (κ2) is 10.5. The van der Waals surface area contributed by atoms with Gasteiger partial charge in [-0.25, -0.2) is 0 Å². The number of aliphatic hydroxyl groups is 7. The summed E-state index contributed by atoms with van der Waals surface area (Å²) in [4.78, 5) is 0. The Labute approximate surface area is 175 Å². The molecule has 0 aromatic rings. The van der Waals surface area contributed by atoms with Gasteiger partial charge >= 0.3 is 0 Å². The van der Waals surface area contributed by atoms with Gasteiger partial charge in [-0.05, 0) is 18.8 Å². The molecule has 2 aliphatic rings. The molecule has 30 heavy (non-hydrogen) atoms. The van der Waals surface area contributed by atoms with E-state index < -0.39 is 60.9 Å². The summed E-state index contributed by atoms with van der Waals surface area (Å²) in [5, 5.41) is 70.2. The summed E-state index contributed by atoms with van der Waals surface area (Å²) >= 11 is 0. The van der Waals surface area contributed by atoms with Gasteiger partial charge in [-0.15, -0.1) is 0 Å². The third-order valence-electron chi connectivity index (χ3n) is 6.18.